The summed E-state index contributed by atoms with van der Waals surface area (Å²) in [5, 5.41) is 0. The molecule has 0 radical (unpaired) electrons. The lowest BCUT2D eigenvalue weighted by Gasteiger charge is -2.36. The van der Waals surface area contributed by atoms with Gasteiger partial charge >= 0.3 is 0 Å². The van der Waals surface area contributed by atoms with Gasteiger partial charge in [-0.2, -0.15) is 0 Å². The van der Waals surface area contributed by atoms with Gasteiger partial charge in [0.05, 0.1) is 0 Å². The molecule has 1 aliphatic rings. The lowest BCUT2D eigenvalue weighted by atomic mass is 9.90. The second kappa shape index (κ2) is 7.21. The second-order valence-electron chi connectivity index (χ2n) is 7.01. The first-order chi connectivity index (χ1) is 12.0. The normalized spacial score (nSPS) is 20.0. The fraction of sp³-hybridized carbons (Fsp3) is 0.400. The van der Waals surface area contributed by atoms with Crippen LogP contribution in [0.5, 0.6) is 0 Å². The standard InChI is InChI=1S/C20H23FN2O2/c1-20(13-16-4-2-5-17(21)12-16)10-3-11-23(20)19(25)9-7-15-6-8-18(24)22-14-15/h2,4-6,8,12,14H,3,7,9-11,13H2,1H3,(H,22,24). The predicted octanol–water partition coefficient (Wildman–Crippen LogP) is 3.07. The van der Waals surface area contributed by atoms with Crippen LogP contribution in [-0.4, -0.2) is 27.9 Å². The summed E-state index contributed by atoms with van der Waals surface area (Å²) in [7, 11) is 0. The van der Waals surface area contributed by atoms with Crippen LogP contribution >= 0.6 is 0 Å². The minimum atomic E-state index is -0.268. The molecule has 2 heterocycles. The number of amides is 1. The van der Waals surface area contributed by atoms with E-state index in [1.54, 1.807) is 24.4 Å². The number of aromatic nitrogens is 1. The number of likely N-dealkylation sites (tertiary alicyclic amines) is 1. The fourth-order valence-electron chi connectivity index (χ4n) is 3.70. The number of nitrogens with one attached hydrogen (secondary N) is 1. The van der Waals surface area contributed by atoms with E-state index in [9.17, 15) is 14.0 Å². The molecule has 1 N–H and O–H groups in total. The molecule has 1 aromatic carbocycles. The van der Waals surface area contributed by atoms with Crippen molar-refractivity contribution < 1.29 is 9.18 Å². The Kier molecular flexibility index (Phi) is 5.02. The van der Waals surface area contributed by atoms with E-state index in [2.05, 4.69) is 11.9 Å². The van der Waals surface area contributed by atoms with E-state index in [-0.39, 0.29) is 22.8 Å². The molecule has 1 unspecified atom stereocenters. The van der Waals surface area contributed by atoms with Crippen molar-refractivity contribution in [2.45, 2.75) is 44.6 Å². The van der Waals surface area contributed by atoms with Gasteiger partial charge in [0.2, 0.25) is 11.5 Å². The Morgan fingerprint density at radius 1 is 1.28 bits per heavy atom. The molecule has 4 nitrogen and oxygen atoms in total. The number of hydrogen-bond acceptors (Lipinski definition) is 2. The van der Waals surface area contributed by atoms with Crippen LogP contribution in [0.15, 0.2) is 47.4 Å². The van der Waals surface area contributed by atoms with Gasteiger partial charge in [-0.3, -0.25) is 9.59 Å². The molecule has 0 bridgehead atoms. The molecule has 1 fully saturated rings. The number of nitrogens with zero attached hydrogens (tertiary/aromatic N) is 1. The van der Waals surface area contributed by atoms with E-state index in [0.717, 1.165) is 30.5 Å². The van der Waals surface area contributed by atoms with Crippen molar-refractivity contribution >= 4 is 5.91 Å². The number of aryl methyl sites for hydroxylation is 1. The second-order valence-corrected chi connectivity index (χ2v) is 7.01. The molecule has 1 saturated heterocycles. The van der Waals surface area contributed by atoms with Crippen LogP contribution in [0.1, 0.15) is 37.3 Å². The van der Waals surface area contributed by atoms with Gasteiger partial charge in [0.25, 0.3) is 0 Å². The fourth-order valence-corrected chi connectivity index (χ4v) is 3.70. The van der Waals surface area contributed by atoms with Gasteiger partial charge in [-0.05, 0) is 55.9 Å². The van der Waals surface area contributed by atoms with Gasteiger partial charge in [-0.1, -0.05) is 18.2 Å². The number of hydrogen-bond donors (Lipinski definition) is 1. The average molecular weight is 342 g/mol. The summed E-state index contributed by atoms with van der Waals surface area (Å²) < 4.78 is 13.5. The number of benzene rings is 1. The number of carbonyl (C=O) groups excluding carboxylic acids is 1. The molecule has 0 aliphatic carbocycles. The lowest BCUT2D eigenvalue weighted by molar-refractivity contribution is -0.134. The molecule has 3 rings (SSSR count). The monoisotopic (exact) mass is 342 g/mol. The van der Waals surface area contributed by atoms with E-state index < -0.39 is 0 Å². The van der Waals surface area contributed by atoms with Gasteiger partial charge in [0, 0.05) is 30.8 Å². The zero-order chi connectivity index (χ0) is 17.9. The zero-order valence-corrected chi connectivity index (χ0v) is 14.4. The number of carbonyl (C=O) groups is 1. The maximum Gasteiger partial charge on any atom is 0.247 e. The van der Waals surface area contributed by atoms with E-state index in [0.29, 0.717) is 19.3 Å². The minimum absolute atomic E-state index is 0.114. The Morgan fingerprint density at radius 2 is 2.12 bits per heavy atom. The van der Waals surface area contributed by atoms with E-state index in [1.165, 1.54) is 12.1 Å². The third-order valence-electron chi connectivity index (χ3n) is 5.00. The molecule has 132 valence electrons. The highest BCUT2D eigenvalue weighted by Crippen LogP contribution is 2.33. The molecule has 0 spiro atoms. The van der Waals surface area contributed by atoms with Crippen LogP contribution in [0, 0.1) is 5.82 Å². The van der Waals surface area contributed by atoms with Gasteiger partial charge in [-0.25, -0.2) is 4.39 Å². The summed E-state index contributed by atoms with van der Waals surface area (Å²) in [5.74, 6) is -0.127. The summed E-state index contributed by atoms with van der Waals surface area (Å²) in [4.78, 5) is 28.4. The van der Waals surface area contributed by atoms with E-state index in [1.807, 2.05) is 11.0 Å². The topological polar surface area (TPSA) is 53.2 Å². The molecule has 0 saturated carbocycles. The molecular weight excluding hydrogens is 319 g/mol. The highest BCUT2D eigenvalue weighted by Gasteiger charge is 2.39. The Bertz CT molecular complexity index is 797. The van der Waals surface area contributed by atoms with Crippen LogP contribution in [0.25, 0.3) is 0 Å². The minimum Gasteiger partial charge on any atom is -0.337 e. The number of pyridine rings is 1. The van der Waals surface area contributed by atoms with Crippen LogP contribution < -0.4 is 5.56 Å². The van der Waals surface area contributed by atoms with Crippen molar-refractivity contribution in [2.75, 3.05) is 6.54 Å². The largest absolute Gasteiger partial charge is 0.337 e. The molecule has 1 atom stereocenters. The van der Waals surface area contributed by atoms with Crippen molar-refractivity contribution in [1.29, 1.82) is 0 Å². The van der Waals surface area contributed by atoms with Gasteiger partial charge in [-0.15, -0.1) is 0 Å². The van der Waals surface area contributed by atoms with Crippen molar-refractivity contribution in [3.8, 4) is 0 Å². The molecule has 5 heteroatoms. The maximum absolute atomic E-state index is 13.5. The first kappa shape index (κ1) is 17.4. The molecule has 25 heavy (non-hydrogen) atoms. The number of H-pyrrole nitrogens is 1. The van der Waals surface area contributed by atoms with Crippen molar-refractivity contribution in [3.05, 3.63) is 69.9 Å². The summed E-state index contributed by atoms with van der Waals surface area (Å²) in [6.07, 6.45) is 5.22. The van der Waals surface area contributed by atoms with Crippen molar-refractivity contribution in [1.82, 2.24) is 9.88 Å². The Balaban J connectivity index is 1.66. The third kappa shape index (κ3) is 4.16. The molecule has 1 aromatic heterocycles. The number of halogens is 1. The molecule has 2 aromatic rings. The van der Waals surface area contributed by atoms with Crippen LogP contribution in [-0.2, 0) is 17.6 Å². The summed E-state index contributed by atoms with van der Waals surface area (Å²) >= 11 is 0. The SMILES string of the molecule is CC1(Cc2cccc(F)c2)CCCN1C(=O)CCc1ccc(=O)[nH]c1. The van der Waals surface area contributed by atoms with Crippen molar-refractivity contribution in [3.63, 3.8) is 0 Å². The van der Waals surface area contributed by atoms with Gasteiger partial charge in [0.15, 0.2) is 0 Å². The molecule has 1 amide bonds. The van der Waals surface area contributed by atoms with E-state index in [4.69, 9.17) is 0 Å². The summed E-state index contributed by atoms with van der Waals surface area (Å²) in [5.41, 5.74) is 1.45. The third-order valence-corrected chi connectivity index (χ3v) is 5.00. The number of aromatic amines is 1. The molecular formula is C20H23FN2O2. The maximum atomic E-state index is 13.5. The highest BCUT2D eigenvalue weighted by molar-refractivity contribution is 5.77. The van der Waals surface area contributed by atoms with E-state index >= 15 is 0 Å². The first-order valence-electron chi connectivity index (χ1n) is 8.69. The smallest absolute Gasteiger partial charge is 0.247 e. The summed E-state index contributed by atoms with van der Waals surface area (Å²) in [6, 6.07) is 9.84. The van der Waals surface area contributed by atoms with Crippen LogP contribution in [0.3, 0.4) is 0 Å². The van der Waals surface area contributed by atoms with Crippen LogP contribution in [0.4, 0.5) is 4.39 Å². The van der Waals surface area contributed by atoms with Gasteiger partial charge in [0.1, 0.15) is 5.82 Å². The van der Waals surface area contributed by atoms with Crippen molar-refractivity contribution in [2.24, 2.45) is 0 Å². The predicted molar refractivity (Wildman–Crippen MR) is 94.8 cm³/mol. The first-order valence-corrected chi connectivity index (χ1v) is 8.69. The Hall–Kier alpha value is -2.43. The van der Waals surface area contributed by atoms with Crippen LogP contribution in [0.2, 0.25) is 0 Å². The average Bonchev–Trinajstić information content (AvgIpc) is 2.95. The Labute approximate surface area is 146 Å². The lowest BCUT2D eigenvalue weighted by Crippen LogP contribution is -2.46. The quantitative estimate of drug-likeness (QED) is 0.908. The Morgan fingerprint density at radius 3 is 2.84 bits per heavy atom. The zero-order valence-electron chi connectivity index (χ0n) is 14.4. The highest BCUT2D eigenvalue weighted by atomic mass is 19.1. The number of rotatable bonds is 5. The molecule has 1 aliphatic heterocycles. The van der Waals surface area contributed by atoms with Gasteiger partial charge < -0.3 is 9.88 Å². The summed E-state index contributed by atoms with van der Waals surface area (Å²) in [6.45, 7) is 2.83.